The van der Waals surface area contributed by atoms with Crippen LogP contribution < -0.4 is 0 Å². The number of rotatable bonds is 4. The molecule has 1 N–H and O–H groups in total. The van der Waals surface area contributed by atoms with E-state index in [1.165, 1.54) is 18.9 Å². The molecule has 1 aromatic rings. The first-order valence-electron chi connectivity index (χ1n) is 5.04. The second-order valence-electron chi connectivity index (χ2n) is 3.41. The molecular weight excluding hydrogens is 224 g/mol. The molecule has 0 aliphatic rings. The minimum atomic E-state index is -1.55. The van der Waals surface area contributed by atoms with Gasteiger partial charge in [0, 0.05) is 10.5 Å². The second-order valence-corrected chi connectivity index (χ2v) is 4.25. The fraction of sp³-hybridized carbons (Fsp3) is 0.417. The smallest absolute Gasteiger partial charge is 0.342 e. The van der Waals surface area contributed by atoms with E-state index >= 15 is 0 Å². The average Bonchev–Trinajstić information content (AvgIpc) is 2.36. The van der Waals surface area contributed by atoms with E-state index in [9.17, 15) is 9.90 Å². The SMILES string of the molecule is CC[C@@](O)(C(=O)OC)c1ccccc1SC. The minimum Gasteiger partial charge on any atom is -0.467 e. The summed E-state index contributed by atoms with van der Waals surface area (Å²) in [5.41, 5.74) is -0.939. The van der Waals surface area contributed by atoms with Gasteiger partial charge in [-0.25, -0.2) is 4.79 Å². The molecule has 0 aromatic heterocycles. The van der Waals surface area contributed by atoms with Crippen LogP contribution in [0.2, 0.25) is 0 Å². The summed E-state index contributed by atoms with van der Waals surface area (Å²) in [7, 11) is 1.28. The first-order valence-corrected chi connectivity index (χ1v) is 6.27. The lowest BCUT2D eigenvalue weighted by molar-refractivity contribution is -0.164. The van der Waals surface area contributed by atoms with E-state index in [2.05, 4.69) is 4.74 Å². The monoisotopic (exact) mass is 240 g/mol. The highest BCUT2D eigenvalue weighted by Crippen LogP contribution is 2.33. The molecule has 0 fully saturated rings. The predicted molar refractivity (Wildman–Crippen MR) is 64.4 cm³/mol. The van der Waals surface area contributed by atoms with Crippen LogP contribution in [0.5, 0.6) is 0 Å². The van der Waals surface area contributed by atoms with E-state index < -0.39 is 11.6 Å². The van der Waals surface area contributed by atoms with Crippen molar-refractivity contribution in [2.24, 2.45) is 0 Å². The normalized spacial score (nSPS) is 14.2. The maximum Gasteiger partial charge on any atom is 0.342 e. The molecule has 0 saturated heterocycles. The molecule has 1 aromatic carbocycles. The lowest BCUT2D eigenvalue weighted by Gasteiger charge is -2.25. The first kappa shape index (κ1) is 13.1. The minimum absolute atomic E-state index is 0.289. The molecule has 0 aliphatic carbocycles. The Morgan fingerprint density at radius 2 is 2.12 bits per heavy atom. The van der Waals surface area contributed by atoms with E-state index in [0.717, 1.165) is 4.90 Å². The van der Waals surface area contributed by atoms with Crippen molar-refractivity contribution < 1.29 is 14.6 Å². The molecule has 88 valence electrons. The third-order valence-corrected chi connectivity index (χ3v) is 3.38. The molecule has 0 bridgehead atoms. The predicted octanol–water partition coefficient (Wildman–Crippen LogP) is 2.18. The number of benzene rings is 1. The number of thioether (sulfide) groups is 1. The van der Waals surface area contributed by atoms with Crippen LogP contribution in [0.4, 0.5) is 0 Å². The molecule has 3 nitrogen and oxygen atoms in total. The average molecular weight is 240 g/mol. The maximum atomic E-state index is 11.7. The summed E-state index contributed by atoms with van der Waals surface area (Å²) < 4.78 is 4.66. The zero-order valence-electron chi connectivity index (χ0n) is 9.69. The van der Waals surface area contributed by atoms with Crippen LogP contribution in [-0.2, 0) is 15.1 Å². The molecule has 4 heteroatoms. The Morgan fingerprint density at radius 3 is 2.62 bits per heavy atom. The van der Waals surface area contributed by atoms with Crippen molar-refractivity contribution in [2.45, 2.75) is 23.8 Å². The van der Waals surface area contributed by atoms with Crippen LogP contribution in [0, 0.1) is 0 Å². The molecule has 0 spiro atoms. The second kappa shape index (κ2) is 5.37. The van der Waals surface area contributed by atoms with Crippen molar-refractivity contribution in [1.29, 1.82) is 0 Å². The standard InChI is InChI=1S/C12H16O3S/c1-4-12(14,11(13)15-2)9-7-5-6-8-10(9)16-3/h5-8,14H,4H2,1-3H3/t12-/m0/s1. The molecule has 0 unspecified atom stereocenters. The Bertz CT molecular complexity index is 378. The van der Waals surface area contributed by atoms with Gasteiger partial charge in [0.15, 0.2) is 5.60 Å². The summed E-state index contributed by atoms with van der Waals surface area (Å²) in [5.74, 6) is -0.614. The molecule has 1 atom stereocenters. The van der Waals surface area contributed by atoms with Crippen LogP contribution >= 0.6 is 11.8 Å². The number of esters is 1. The third-order valence-electron chi connectivity index (χ3n) is 2.59. The van der Waals surface area contributed by atoms with E-state index in [1.807, 2.05) is 18.4 Å². The third kappa shape index (κ3) is 2.23. The summed E-state index contributed by atoms with van der Waals surface area (Å²) >= 11 is 1.50. The van der Waals surface area contributed by atoms with E-state index in [1.54, 1.807) is 19.1 Å². The van der Waals surface area contributed by atoms with Gasteiger partial charge in [0.1, 0.15) is 0 Å². The quantitative estimate of drug-likeness (QED) is 0.647. The number of methoxy groups -OCH3 is 1. The van der Waals surface area contributed by atoms with Gasteiger partial charge < -0.3 is 9.84 Å². The zero-order chi connectivity index (χ0) is 12.2. The molecule has 1 rings (SSSR count). The van der Waals surface area contributed by atoms with Gasteiger partial charge in [-0.1, -0.05) is 25.1 Å². The molecule has 16 heavy (non-hydrogen) atoms. The lowest BCUT2D eigenvalue weighted by atomic mass is 9.91. The Hall–Kier alpha value is -1.00. The molecule has 0 amide bonds. The first-order chi connectivity index (χ1) is 7.60. The number of aliphatic hydroxyl groups is 1. The van der Waals surface area contributed by atoms with E-state index in [4.69, 9.17) is 0 Å². The van der Waals surface area contributed by atoms with Gasteiger partial charge in [-0.05, 0) is 18.7 Å². The molecule has 0 radical (unpaired) electrons. The van der Waals surface area contributed by atoms with Gasteiger partial charge in [0.05, 0.1) is 7.11 Å². The van der Waals surface area contributed by atoms with Gasteiger partial charge in [0.25, 0.3) is 0 Å². The fourth-order valence-electron chi connectivity index (χ4n) is 1.60. The number of carbonyl (C=O) groups excluding carboxylic acids is 1. The largest absolute Gasteiger partial charge is 0.467 e. The Kier molecular flexibility index (Phi) is 4.38. The number of ether oxygens (including phenoxy) is 1. The summed E-state index contributed by atoms with van der Waals surface area (Å²) in [6.45, 7) is 1.76. The number of hydrogen-bond donors (Lipinski definition) is 1. The van der Waals surface area contributed by atoms with Crippen molar-refractivity contribution >= 4 is 17.7 Å². The van der Waals surface area contributed by atoms with Crippen LogP contribution in [0.15, 0.2) is 29.2 Å². The summed E-state index contributed by atoms with van der Waals surface area (Å²) in [4.78, 5) is 12.5. The van der Waals surface area contributed by atoms with Crippen molar-refractivity contribution in [3.8, 4) is 0 Å². The highest BCUT2D eigenvalue weighted by Gasteiger charge is 2.38. The highest BCUT2D eigenvalue weighted by atomic mass is 32.2. The Labute approximate surface area is 99.8 Å². The lowest BCUT2D eigenvalue weighted by Crippen LogP contribution is -2.36. The number of hydrogen-bond acceptors (Lipinski definition) is 4. The molecule has 0 aliphatic heterocycles. The summed E-state index contributed by atoms with van der Waals surface area (Å²) in [6, 6.07) is 7.32. The van der Waals surface area contributed by atoms with Crippen LogP contribution in [-0.4, -0.2) is 24.4 Å². The van der Waals surface area contributed by atoms with E-state index in [0.29, 0.717) is 5.56 Å². The van der Waals surface area contributed by atoms with Crippen LogP contribution in [0.3, 0.4) is 0 Å². The highest BCUT2D eigenvalue weighted by molar-refractivity contribution is 7.98. The molecular formula is C12H16O3S. The van der Waals surface area contributed by atoms with Gasteiger partial charge >= 0.3 is 5.97 Å². The van der Waals surface area contributed by atoms with Gasteiger partial charge in [-0.15, -0.1) is 11.8 Å². The van der Waals surface area contributed by atoms with Crippen molar-refractivity contribution in [1.82, 2.24) is 0 Å². The Balaban J connectivity index is 3.27. The fourth-order valence-corrected chi connectivity index (χ4v) is 2.27. The summed E-state index contributed by atoms with van der Waals surface area (Å²) in [6.07, 6.45) is 2.20. The number of carbonyl (C=O) groups is 1. The molecule has 0 heterocycles. The van der Waals surface area contributed by atoms with Crippen LogP contribution in [0.25, 0.3) is 0 Å². The van der Waals surface area contributed by atoms with Crippen molar-refractivity contribution in [3.63, 3.8) is 0 Å². The van der Waals surface area contributed by atoms with Crippen LogP contribution in [0.1, 0.15) is 18.9 Å². The zero-order valence-corrected chi connectivity index (χ0v) is 10.5. The van der Waals surface area contributed by atoms with Crippen molar-refractivity contribution in [2.75, 3.05) is 13.4 Å². The van der Waals surface area contributed by atoms with Gasteiger partial charge in [-0.2, -0.15) is 0 Å². The maximum absolute atomic E-state index is 11.7. The Morgan fingerprint density at radius 1 is 1.50 bits per heavy atom. The topological polar surface area (TPSA) is 46.5 Å². The van der Waals surface area contributed by atoms with Crippen molar-refractivity contribution in [3.05, 3.63) is 29.8 Å². The van der Waals surface area contributed by atoms with E-state index in [-0.39, 0.29) is 6.42 Å². The van der Waals surface area contributed by atoms with Gasteiger partial charge in [0.2, 0.25) is 0 Å². The summed E-state index contributed by atoms with van der Waals surface area (Å²) in [5, 5.41) is 10.4. The molecule has 0 saturated carbocycles. The van der Waals surface area contributed by atoms with Gasteiger partial charge in [-0.3, -0.25) is 0 Å².